The predicted octanol–water partition coefficient (Wildman–Crippen LogP) is 8.68. The fraction of sp³-hybridized carbons (Fsp3) is 0.0789. The number of benzene rings is 4. The lowest BCUT2D eigenvalue weighted by molar-refractivity contribution is 0.415. The number of fused-ring (bicyclic) bond motifs is 9. The first-order valence-electron chi connectivity index (χ1n) is 14.9. The Balaban J connectivity index is 1.47. The van der Waals surface area contributed by atoms with Crippen molar-refractivity contribution in [3.05, 3.63) is 133 Å². The van der Waals surface area contributed by atoms with Gasteiger partial charge in [-0.25, -0.2) is 9.97 Å². The van der Waals surface area contributed by atoms with Gasteiger partial charge in [0.25, 0.3) is 0 Å². The van der Waals surface area contributed by atoms with E-state index in [9.17, 15) is 0 Å². The minimum absolute atomic E-state index is 0.448. The molecule has 0 unspecified atom stereocenters. The molecule has 0 N–H and O–H groups in total. The highest BCUT2D eigenvalue weighted by molar-refractivity contribution is 6.23. The van der Waals surface area contributed by atoms with E-state index in [1.165, 1.54) is 0 Å². The maximum absolute atomic E-state index is 6.87. The zero-order chi connectivity index (χ0) is 30.1. The Morgan fingerprint density at radius 2 is 1.20 bits per heavy atom. The highest BCUT2D eigenvalue weighted by Gasteiger charge is 2.40. The fourth-order valence-electron chi connectivity index (χ4n) is 6.75. The summed E-state index contributed by atoms with van der Waals surface area (Å²) in [5.41, 5.74) is 4.93. The van der Waals surface area contributed by atoms with Crippen molar-refractivity contribution in [2.75, 3.05) is 0 Å². The summed E-state index contributed by atoms with van der Waals surface area (Å²) < 4.78 is 8.92. The van der Waals surface area contributed by atoms with Crippen molar-refractivity contribution < 1.29 is 4.74 Å². The first-order chi connectivity index (χ1) is 22.1. The standard InChI is InChI=1S/C38H26N6O/c1-38(2)30-26-18-10-9-17-25(26)29-27-19-11-22-40-36(27)44(31(29)32(30)45-28-20-12-21-39-33(28)38)37-42-34(23-13-5-3-6-14-23)41-35(43-37)24-15-7-4-8-16-24/h3-22H,1-2H3. The fourth-order valence-corrected chi connectivity index (χ4v) is 6.75. The van der Waals surface area contributed by atoms with Crippen molar-refractivity contribution in [3.63, 3.8) is 0 Å². The van der Waals surface area contributed by atoms with Gasteiger partial charge < -0.3 is 4.74 Å². The van der Waals surface area contributed by atoms with Gasteiger partial charge in [-0.05, 0) is 48.9 Å². The summed E-state index contributed by atoms with van der Waals surface area (Å²) in [4.78, 5) is 24.9. The molecule has 0 spiro atoms. The number of ether oxygens (including phenoxy) is 1. The van der Waals surface area contributed by atoms with E-state index in [2.05, 4.69) is 44.2 Å². The van der Waals surface area contributed by atoms with Crippen molar-refractivity contribution in [3.8, 4) is 40.2 Å². The molecule has 0 atom stereocenters. The zero-order valence-corrected chi connectivity index (χ0v) is 24.6. The molecule has 0 aliphatic carbocycles. The quantitative estimate of drug-likeness (QED) is 0.207. The van der Waals surface area contributed by atoms with Crippen LogP contribution >= 0.6 is 0 Å². The molecule has 0 fully saturated rings. The Morgan fingerprint density at radius 3 is 1.91 bits per heavy atom. The second-order valence-electron chi connectivity index (χ2n) is 11.8. The molecule has 8 aromatic rings. The second kappa shape index (κ2) is 9.53. The molecule has 0 saturated heterocycles. The molecule has 9 rings (SSSR count). The van der Waals surface area contributed by atoms with E-state index in [4.69, 9.17) is 29.7 Å². The van der Waals surface area contributed by atoms with E-state index in [1.807, 2.05) is 95.8 Å². The molecular formula is C38H26N6O. The van der Waals surface area contributed by atoms with Gasteiger partial charge in [-0.3, -0.25) is 9.55 Å². The first-order valence-corrected chi connectivity index (χ1v) is 14.9. The molecular weight excluding hydrogens is 556 g/mol. The van der Waals surface area contributed by atoms with Crippen LogP contribution in [0.4, 0.5) is 0 Å². The topological polar surface area (TPSA) is 78.6 Å². The summed E-state index contributed by atoms with van der Waals surface area (Å²) in [6.45, 7) is 4.43. The second-order valence-corrected chi connectivity index (χ2v) is 11.8. The van der Waals surface area contributed by atoms with Gasteiger partial charge >= 0.3 is 0 Å². The van der Waals surface area contributed by atoms with Crippen LogP contribution in [0.15, 0.2) is 122 Å². The van der Waals surface area contributed by atoms with Gasteiger partial charge in [0.2, 0.25) is 5.95 Å². The molecule has 214 valence electrons. The zero-order valence-electron chi connectivity index (χ0n) is 24.6. The Morgan fingerprint density at radius 1 is 0.600 bits per heavy atom. The lowest BCUT2D eigenvalue weighted by Gasteiger charge is -2.35. The lowest BCUT2D eigenvalue weighted by atomic mass is 9.75. The highest BCUT2D eigenvalue weighted by atomic mass is 16.5. The Hall–Kier alpha value is -5.95. The van der Waals surface area contributed by atoms with Crippen molar-refractivity contribution in [1.29, 1.82) is 0 Å². The molecule has 45 heavy (non-hydrogen) atoms. The lowest BCUT2D eigenvalue weighted by Crippen LogP contribution is -2.26. The molecule has 0 bridgehead atoms. The van der Waals surface area contributed by atoms with Crippen LogP contribution in [-0.4, -0.2) is 29.5 Å². The molecule has 4 aromatic carbocycles. The van der Waals surface area contributed by atoms with Crippen LogP contribution in [0, 0.1) is 0 Å². The third-order valence-corrected chi connectivity index (χ3v) is 8.72. The maximum atomic E-state index is 6.87. The van der Waals surface area contributed by atoms with Crippen LogP contribution < -0.4 is 4.74 Å². The number of nitrogens with zero attached hydrogens (tertiary/aromatic N) is 6. The van der Waals surface area contributed by atoms with Crippen LogP contribution in [0.1, 0.15) is 25.1 Å². The first kappa shape index (κ1) is 25.5. The molecule has 0 amide bonds. The van der Waals surface area contributed by atoms with E-state index >= 15 is 0 Å². The van der Waals surface area contributed by atoms with Crippen LogP contribution in [0.3, 0.4) is 0 Å². The number of aromatic nitrogens is 6. The van der Waals surface area contributed by atoms with Crippen molar-refractivity contribution >= 4 is 32.7 Å². The summed E-state index contributed by atoms with van der Waals surface area (Å²) in [5, 5.41) is 4.26. The summed E-state index contributed by atoms with van der Waals surface area (Å²) in [6.07, 6.45) is 3.64. The summed E-state index contributed by atoms with van der Waals surface area (Å²) >= 11 is 0. The van der Waals surface area contributed by atoms with Crippen molar-refractivity contribution in [1.82, 2.24) is 29.5 Å². The maximum Gasteiger partial charge on any atom is 0.240 e. The average Bonchev–Trinajstić information content (AvgIpc) is 3.45. The molecule has 7 nitrogen and oxygen atoms in total. The minimum Gasteiger partial charge on any atom is -0.453 e. The van der Waals surface area contributed by atoms with Crippen LogP contribution in [0.5, 0.6) is 11.5 Å². The van der Waals surface area contributed by atoms with Gasteiger partial charge in [-0.2, -0.15) is 9.97 Å². The molecule has 1 aliphatic heterocycles. The molecule has 5 heterocycles. The van der Waals surface area contributed by atoms with E-state index in [-0.39, 0.29) is 0 Å². The third kappa shape index (κ3) is 3.74. The van der Waals surface area contributed by atoms with Crippen LogP contribution in [0.25, 0.3) is 61.4 Å². The van der Waals surface area contributed by atoms with E-state index in [1.54, 1.807) is 0 Å². The van der Waals surface area contributed by atoms with Crippen LogP contribution in [-0.2, 0) is 5.41 Å². The molecule has 4 aromatic heterocycles. The molecule has 1 aliphatic rings. The van der Waals surface area contributed by atoms with Gasteiger partial charge in [-0.1, -0.05) is 84.9 Å². The van der Waals surface area contributed by atoms with Gasteiger partial charge in [0.15, 0.2) is 17.4 Å². The number of hydrogen-bond acceptors (Lipinski definition) is 6. The monoisotopic (exact) mass is 582 g/mol. The third-order valence-electron chi connectivity index (χ3n) is 8.72. The SMILES string of the molecule is CC1(C)c2ncccc2Oc2c1c1ccccc1c1c3cccnc3n(-c3nc(-c4ccccc4)nc(-c4ccccc4)n3)c21. The van der Waals surface area contributed by atoms with Gasteiger partial charge in [0.1, 0.15) is 16.9 Å². The van der Waals surface area contributed by atoms with Crippen molar-refractivity contribution in [2.24, 2.45) is 0 Å². The summed E-state index contributed by atoms with van der Waals surface area (Å²) in [5.74, 6) is 3.13. The van der Waals surface area contributed by atoms with Gasteiger partial charge in [0.05, 0.1) is 5.69 Å². The molecule has 0 saturated carbocycles. The van der Waals surface area contributed by atoms with Gasteiger partial charge in [0, 0.05) is 45.3 Å². The average molecular weight is 583 g/mol. The Kier molecular flexibility index (Phi) is 5.41. The van der Waals surface area contributed by atoms with E-state index in [0.717, 1.165) is 66.6 Å². The number of pyridine rings is 2. The van der Waals surface area contributed by atoms with Gasteiger partial charge in [-0.15, -0.1) is 0 Å². The summed E-state index contributed by atoms with van der Waals surface area (Å²) in [7, 11) is 0. The Labute approximate surface area is 258 Å². The van der Waals surface area contributed by atoms with Crippen molar-refractivity contribution in [2.45, 2.75) is 19.3 Å². The molecule has 0 radical (unpaired) electrons. The summed E-state index contributed by atoms with van der Waals surface area (Å²) in [6, 6.07) is 36.5. The molecule has 7 heteroatoms. The normalized spacial score (nSPS) is 13.5. The Bertz CT molecular complexity index is 2380. The number of hydrogen-bond donors (Lipinski definition) is 0. The number of rotatable bonds is 3. The van der Waals surface area contributed by atoms with E-state index in [0.29, 0.717) is 17.6 Å². The van der Waals surface area contributed by atoms with E-state index < -0.39 is 5.41 Å². The smallest absolute Gasteiger partial charge is 0.240 e. The largest absolute Gasteiger partial charge is 0.453 e. The minimum atomic E-state index is -0.448. The predicted molar refractivity (Wildman–Crippen MR) is 177 cm³/mol. The highest BCUT2D eigenvalue weighted by Crippen LogP contribution is 2.54. The van der Waals surface area contributed by atoms with Crippen LogP contribution in [0.2, 0.25) is 0 Å².